The lowest BCUT2D eigenvalue weighted by Gasteiger charge is -2.23. The predicted octanol–water partition coefficient (Wildman–Crippen LogP) is 3.72. The van der Waals surface area contributed by atoms with Gasteiger partial charge in [-0.3, -0.25) is 4.79 Å². The number of halogens is 1. The summed E-state index contributed by atoms with van der Waals surface area (Å²) in [4.78, 5) is 18.5. The first-order chi connectivity index (χ1) is 13.1. The molecule has 1 aliphatic carbocycles. The van der Waals surface area contributed by atoms with Gasteiger partial charge in [0.25, 0.3) is 5.89 Å². The van der Waals surface area contributed by atoms with E-state index in [0.29, 0.717) is 37.9 Å². The monoisotopic (exact) mass is 379 g/mol. The third-order valence-electron chi connectivity index (χ3n) is 6.47. The molecule has 0 spiro atoms. The molecule has 0 aromatic carbocycles. The number of amides is 1. The number of likely N-dealkylation sites (tertiary alicyclic amines) is 1. The van der Waals surface area contributed by atoms with Crippen LogP contribution in [0, 0.1) is 5.92 Å². The van der Waals surface area contributed by atoms with Gasteiger partial charge in [-0.05, 0) is 25.2 Å². The minimum atomic E-state index is -1.71. The van der Waals surface area contributed by atoms with E-state index in [4.69, 9.17) is 9.26 Å². The average molecular weight is 379 g/mol. The molecule has 1 atom stereocenters. The SMILES string of the molecule is O=C(CCC1CCCCC1)N1CCC(F)(c2nc(C3CCOCC3)no2)C1. The molecule has 3 aliphatic rings. The number of hydrogen-bond acceptors (Lipinski definition) is 5. The van der Waals surface area contributed by atoms with Crippen molar-refractivity contribution in [2.24, 2.45) is 5.92 Å². The molecular formula is C20H30FN3O3. The summed E-state index contributed by atoms with van der Waals surface area (Å²) in [6.07, 6.45) is 9.72. The van der Waals surface area contributed by atoms with E-state index in [9.17, 15) is 4.79 Å². The number of nitrogens with zero attached hydrogens (tertiary/aromatic N) is 3. The summed E-state index contributed by atoms with van der Waals surface area (Å²) in [6, 6.07) is 0. The minimum Gasteiger partial charge on any atom is -0.381 e. The van der Waals surface area contributed by atoms with Crippen molar-refractivity contribution in [2.75, 3.05) is 26.3 Å². The fourth-order valence-electron chi connectivity index (χ4n) is 4.66. The van der Waals surface area contributed by atoms with E-state index < -0.39 is 5.67 Å². The summed E-state index contributed by atoms with van der Waals surface area (Å²) in [7, 11) is 0. The zero-order chi connectivity index (χ0) is 18.7. The van der Waals surface area contributed by atoms with Crippen LogP contribution < -0.4 is 0 Å². The van der Waals surface area contributed by atoms with Gasteiger partial charge in [0.2, 0.25) is 11.6 Å². The quantitative estimate of drug-likeness (QED) is 0.780. The van der Waals surface area contributed by atoms with Crippen molar-refractivity contribution in [3.8, 4) is 0 Å². The molecular weight excluding hydrogens is 349 g/mol. The second kappa shape index (κ2) is 8.25. The summed E-state index contributed by atoms with van der Waals surface area (Å²) in [5.41, 5.74) is -1.71. The summed E-state index contributed by atoms with van der Waals surface area (Å²) in [5, 5.41) is 4.01. The van der Waals surface area contributed by atoms with Crippen LogP contribution in [0.15, 0.2) is 4.52 Å². The predicted molar refractivity (Wildman–Crippen MR) is 96.9 cm³/mol. The molecule has 1 amide bonds. The molecule has 2 saturated heterocycles. The fraction of sp³-hybridized carbons (Fsp3) is 0.850. The molecule has 3 fully saturated rings. The van der Waals surface area contributed by atoms with E-state index in [1.807, 2.05) is 0 Å². The molecule has 4 rings (SSSR count). The lowest BCUT2D eigenvalue weighted by Crippen LogP contribution is -2.32. The van der Waals surface area contributed by atoms with E-state index in [1.54, 1.807) is 4.90 Å². The Morgan fingerprint density at radius 1 is 1.19 bits per heavy atom. The van der Waals surface area contributed by atoms with E-state index in [1.165, 1.54) is 32.1 Å². The Morgan fingerprint density at radius 3 is 2.74 bits per heavy atom. The Hall–Kier alpha value is -1.50. The van der Waals surface area contributed by atoms with Crippen LogP contribution in [-0.2, 0) is 15.2 Å². The van der Waals surface area contributed by atoms with Gasteiger partial charge in [0.1, 0.15) is 0 Å². The Kier molecular flexibility index (Phi) is 5.76. The zero-order valence-corrected chi connectivity index (χ0v) is 16.0. The highest BCUT2D eigenvalue weighted by Gasteiger charge is 2.46. The Labute approximate surface area is 159 Å². The van der Waals surface area contributed by atoms with Crippen molar-refractivity contribution in [3.63, 3.8) is 0 Å². The Bertz CT molecular complexity index is 640. The Morgan fingerprint density at radius 2 is 1.96 bits per heavy atom. The maximum absolute atomic E-state index is 15.4. The first kappa shape index (κ1) is 18.8. The highest BCUT2D eigenvalue weighted by atomic mass is 19.1. The van der Waals surface area contributed by atoms with Gasteiger partial charge in [-0.25, -0.2) is 4.39 Å². The highest BCUT2D eigenvalue weighted by molar-refractivity contribution is 5.76. The van der Waals surface area contributed by atoms with Gasteiger partial charge in [0, 0.05) is 38.5 Å². The molecule has 150 valence electrons. The first-order valence-corrected chi connectivity index (χ1v) is 10.5. The van der Waals surface area contributed by atoms with E-state index in [2.05, 4.69) is 10.1 Å². The standard InChI is InChI=1S/C20H30FN3O3/c21-20(19-22-18(23-27-19)16-8-12-26-13-9-16)10-11-24(14-20)17(25)7-6-15-4-2-1-3-5-15/h15-16H,1-14H2. The van der Waals surface area contributed by atoms with E-state index in [0.717, 1.165) is 19.3 Å². The van der Waals surface area contributed by atoms with Gasteiger partial charge in [-0.2, -0.15) is 4.98 Å². The third kappa shape index (κ3) is 4.33. The van der Waals surface area contributed by atoms with Crippen molar-refractivity contribution in [2.45, 2.75) is 75.8 Å². The van der Waals surface area contributed by atoms with Gasteiger partial charge in [0.05, 0.1) is 6.54 Å². The molecule has 0 N–H and O–H groups in total. The largest absolute Gasteiger partial charge is 0.381 e. The van der Waals surface area contributed by atoms with Crippen LogP contribution in [0.25, 0.3) is 0 Å². The number of ether oxygens (including phenoxy) is 1. The maximum atomic E-state index is 15.4. The average Bonchev–Trinajstić information content (AvgIpc) is 3.36. The number of carbonyl (C=O) groups is 1. The summed E-state index contributed by atoms with van der Waals surface area (Å²) < 4.78 is 26.0. The number of aromatic nitrogens is 2. The van der Waals surface area contributed by atoms with Gasteiger partial charge < -0.3 is 14.2 Å². The van der Waals surface area contributed by atoms with Gasteiger partial charge >= 0.3 is 0 Å². The van der Waals surface area contributed by atoms with Crippen molar-refractivity contribution in [1.82, 2.24) is 15.0 Å². The van der Waals surface area contributed by atoms with Crippen molar-refractivity contribution < 1.29 is 18.4 Å². The van der Waals surface area contributed by atoms with Crippen molar-refractivity contribution >= 4 is 5.91 Å². The van der Waals surface area contributed by atoms with Crippen LogP contribution in [0.2, 0.25) is 0 Å². The lowest BCUT2D eigenvalue weighted by molar-refractivity contribution is -0.131. The lowest BCUT2D eigenvalue weighted by atomic mass is 9.86. The van der Waals surface area contributed by atoms with Crippen LogP contribution in [0.3, 0.4) is 0 Å². The molecule has 0 bridgehead atoms. The second-order valence-corrected chi connectivity index (χ2v) is 8.42. The minimum absolute atomic E-state index is 0.0336. The van der Waals surface area contributed by atoms with Crippen LogP contribution >= 0.6 is 0 Å². The van der Waals surface area contributed by atoms with E-state index >= 15 is 4.39 Å². The number of rotatable bonds is 5. The van der Waals surface area contributed by atoms with Crippen LogP contribution in [0.4, 0.5) is 4.39 Å². The zero-order valence-electron chi connectivity index (χ0n) is 16.0. The molecule has 7 heteroatoms. The van der Waals surface area contributed by atoms with Crippen molar-refractivity contribution in [1.29, 1.82) is 0 Å². The van der Waals surface area contributed by atoms with Crippen LogP contribution in [-0.4, -0.2) is 47.3 Å². The van der Waals surface area contributed by atoms with Gasteiger partial charge in [-0.15, -0.1) is 0 Å². The summed E-state index contributed by atoms with van der Waals surface area (Å²) in [6.45, 7) is 1.82. The fourth-order valence-corrected chi connectivity index (χ4v) is 4.66. The highest BCUT2D eigenvalue weighted by Crippen LogP contribution is 2.37. The molecule has 27 heavy (non-hydrogen) atoms. The first-order valence-electron chi connectivity index (χ1n) is 10.5. The molecule has 1 aromatic heterocycles. The topological polar surface area (TPSA) is 68.5 Å². The number of carbonyl (C=O) groups excluding carboxylic acids is 1. The van der Waals surface area contributed by atoms with Crippen LogP contribution in [0.1, 0.15) is 81.8 Å². The molecule has 2 aliphatic heterocycles. The maximum Gasteiger partial charge on any atom is 0.266 e. The molecule has 1 saturated carbocycles. The van der Waals surface area contributed by atoms with Gasteiger partial charge in [-0.1, -0.05) is 37.3 Å². The van der Waals surface area contributed by atoms with Crippen LogP contribution in [0.5, 0.6) is 0 Å². The molecule has 0 radical (unpaired) electrons. The number of hydrogen-bond donors (Lipinski definition) is 0. The molecule has 3 heterocycles. The van der Waals surface area contributed by atoms with E-state index in [-0.39, 0.29) is 30.7 Å². The van der Waals surface area contributed by atoms with Gasteiger partial charge in [0.15, 0.2) is 5.82 Å². The molecule has 6 nitrogen and oxygen atoms in total. The number of alkyl halides is 1. The molecule has 1 unspecified atom stereocenters. The smallest absolute Gasteiger partial charge is 0.266 e. The Balaban J connectivity index is 1.32. The summed E-state index contributed by atoms with van der Waals surface area (Å²) in [5.74, 6) is 1.51. The van der Waals surface area contributed by atoms with Crippen molar-refractivity contribution in [3.05, 3.63) is 11.7 Å². The normalized spacial score (nSPS) is 28.0. The molecule has 1 aromatic rings. The second-order valence-electron chi connectivity index (χ2n) is 8.42. The summed E-state index contributed by atoms with van der Waals surface area (Å²) >= 11 is 0. The third-order valence-corrected chi connectivity index (χ3v) is 6.47.